The summed E-state index contributed by atoms with van der Waals surface area (Å²) in [6, 6.07) is 19.2. The van der Waals surface area contributed by atoms with E-state index in [1.807, 2.05) is 0 Å². The smallest absolute Gasteiger partial charge is 0.339 e. The van der Waals surface area contributed by atoms with Crippen molar-refractivity contribution in [3.05, 3.63) is 95.8 Å². The molecule has 0 spiro atoms. The number of carbonyl (C=O) groups excluding carboxylic acids is 2. The Balaban J connectivity index is 1.51. The number of anilines is 1. The highest BCUT2D eigenvalue weighted by molar-refractivity contribution is 7.89. The number of ether oxygens (including phenoxy) is 1. The molecular weight excluding hydrogens is 471 g/mol. The molecule has 3 aromatic carbocycles. The minimum atomic E-state index is -3.63. The molecule has 1 saturated heterocycles. The van der Waals surface area contributed by atoms with Crippen LogP contribution in [0.2, 0.25) is 0 Å². The van der Waals surface area contributed by atoms with E-state index in [4.69, 9.17) is 4.74 Å². The second-order valence-corrected chi connectivity index (χ2v) is 10.1. The van der Waals surface area contributed by atoms with Crippen LogP contribution in [0, 0.1) is 5.82 Å². The Hall–Kier alpha value is -3.56. The van der Waals surface area contributed by atoms with Crippen molar-refractivity contribution in [2.45, 2.75) is 30.3 Å². The quantitative estimate of drug-likeness (QED) is 0.485. The number of sulfonamides is 1. The minimum Gasteiger partial charge on any atom is -0.444 e. The van der Waals surface area contributed by atoms with Crippen molar-refractivity contribution in [1.82, 2.24) is 4.31 Å². The van der Waals surface area contributed by atoms with Gasteiger partial charge in [-0.2, -0.15) is 4.31 Å². The van der Waals surface area contributed by atoms with E-state index < -0.39 is 33.8 Å². The number of nitrogens with one attached hydrogen (secondary N) is 1. The lowest BCUT2D eigenvalue weighted by molar-refractivity contribution is -0.125. The van der Waals surface area contributed by atoms with Crippen LogP contribution in [0.15, 0.2) is 83.8 Å². The molecule has 7 nitrogen and oxygen atoms in total. The van der Waals surface area contributed by atoms with Crippen LogP contribution < -0.4 is 5.32 Å². The van der Waals surface area contributed by atoms with Gasteiger partial charge in [-0.1, -0.05) is 36.8 Å². The molecule has 0 radical (unpaired) electrons. The molecule has 0 saturated carbocycles. The summed E-state index contributed by atoms with van der Waals surface area (Å²) in [4.78, 5) is 25.9. The molecule has 1 aliphatic heterocycles. The molecule has 1 amide bonds. The molecule has 1 aliphatic rings. The van der Waals surface area contributed by atoms with Crippen LogP contribution in [0.1, 0.15) is 41.3 Å². The maximum absolute atomic E-state index is 13.2. The Morgan fingerprint density at radius 3 is 2.11 bits per heavy atom. The first-order chi connectivity index (χ1) is 16.8. The predicted molar refractivity (Wildman–Crippen MR) is 129 cm³/mol. The Bertz CT molecular complexity index is 1270. The zero-order chi connectivity index (χ0) is 24.8. The number of amides is 1. The Morgan fingerprint density at radius 1 is 0.857 bits per heavy atom. The monoisotopic (exact) mass is 496 g/mol. The highest BCUT2D eigenvalue weighted by Crippen LogP contribution is 2.24. The molecule has 1 heterocycles. The molecule has 0 bridgehead atoms. The standard InChI is InChI=1S/C26H25FN2O5S/c27-21-11-13-22(14-12-21)28-25(30)24(19-7-3-1-4-8-19)34-26(31)20-9-15-23(16-10-20)35(32,33)29-17-5-2-6-18-29/h1,3-4,7-16,24H,2,5-6,17-18H2,(H,28,30)/t24-/m0/s1. The van der Waals surface area contributed by atoms with Crippen molar-refractivity contribution < 1.29 is 27.1 Å². The number of hydrogen-bond donors (Lipinski definition) is 1. The van der Waals surface area contributed by atoms with Crippen molar-refractivity contribution in [2.24, 2.45) is 0 Å². The first kappa shape index (κ1) is 24.6. The SMILES string of the molecule is O=C(O[C@H](C(=O)Nc1ccc(F)cc1)c1ccccc1)c1ccc(S(=O)(=O)N2CCCCC2)cc1. The summed E-state index contributed by atoms with van der Waals surface area (Å²) in [6.45, 7) is 0.960. The molecule has 9 heteroatoms. The van der Waals surface area contributed by atoms with E-state index >= 15 is 0 Å². The summed E-state index contributed by atoms with van der Waals surface area (Å²) in [5, 5.41) is 2.62. The minimum absolute atomic E-state index is 0.101. The third kappa shape index (κ3) is 5.93. The number of hydrogen-bond acceptors (Lipinski definition) is 5. The topological polar surface area (TPSA) is 92.8 Å². The van der Waals surface area contributed by atoms with Gasteiger partial charge in [-0.25, -0.2) is 17.6 Å². The van der Waals surface area contributed by atoms with Crippen LogP contribution in [0.25, 0.3) is 0 Å². The molecular formula is C26H25FN2O5S. The van der Waals surface area contributed by atoms with Gasteiger partial charge in [0.2, 0.25) is 16.1 Å². The van der Waals surface area contributed by atoms with Crippen molar-refractivity contribution in [1.29, 1.82) is 0 Å². The van der Waals surface area contributed by atoms with Crippen LogP contribution in [0.5, 0.6) is 0 Å². The summed E-state index contributed by atoms with van der Waals surface area (Å²) in [6.07, 6.45) is 1.38. The first-order valence-electron chi connectivity index (χ1n) is 11.3. The van der Waals surface area contributed by atoms with Crippen molar-refractivity contribution in [3.63, 3.8) is 0 Å². The zero-order valence-corrected chi connectivity index (χ0v) is 19.7. The van der Waals surface area contributed by atoms with Gasteiger partial charge in [0.25, 0.3) is 5.91 Å². The van der Waals surface area contributed by atoms with Crippen molar-refractivity contribution in [3.8, 4) is 0 Å². The number of carbonyl (C=O) groups is 2. The van der Waals surface area contributed by atoms with Gasteiger partial charge < -0.3 is 10.1 Å². The largest absolute Gasteiger partial charge is 0.444 e. The van der Waals surface area contributed by atoms with E-state index in [0.29, 0.717) is 24.3 Å². The number of piperidine rings is 1. The van der Waals surface area contributed by atoms with Crippen molar-refractivity contribution >= 4 is 27.6 Å². The molecule has 3 aromatic rings. The lowest BCUT2D eigenvalue weighted by Crippen LogP contribution is -2.35. The zero-order valence-electron chi connectivity index (χ0n) is 18.9. The van der Waals surface area contributed by atoms with E-state index in [2.05, 4.69) is 5.32 Å². The maximum atomic E-state index is 13.2. The third-order valence-electron chi connectivity index (χ3n) is 5.72. The first-order valence-corrected chi connectivity index (χ1v) is 12.7. The van der Waals surface area contributed by atoms with Crippen LogP contribution in [-0.2, 0) is 19.6 Å². The van der Waals surface area contributed by atoms with E-state index in [1.165, 1.54) is 52.8 Å². The summed E-state index contributed by atoms with van der Waals surface area (Å²) in [7, 11) is -3.63. The lowest BCUT2D eigenvalue weighted by atomic mass is 10.1. The summed E-state index contributed by atoms with van der Waals surface area (Å²) in [5.41, 5.74) is 0.906. The molecule has 0 aliphatic carbocycles. The summed E-state index contributed by atoms with van der Waals surface area (Å²) in [5.74, 6) is -1.84. The number of rotatable bonds is 7. The molecule has 0 aromatic heterocycles. The predicted octanol–water partition coefficient (Wildman–Crippen LogP) is 4.54. The van der Waals surface area contributed by atoms with Crippen LogP contribution in [0.3, 0.4) is 0 Å². The number of halogens is 1. The average molecular weight is 497 g/mol. The highest BCUT2D eigenvalue weighted by atomic mass is 32.2. The van der Waals surface area contributed by atoms with E-state index in [-0.39, 0.29) is 10.5 Å². The fraction of sp³-hybridized carbons (Fsp3) is 0.231. The van der Waals surface area contributed by atoms with E-state index in [9.17, 15) is 22.4 Å². The molecule has 0 unspecified atom stereocenters. The Morgan fingerprint density at radius 2 is 1.49 bits per heavy atom. The van der Waals surface area contributed by atoms with Gasteiger partial charge in [-0.05, 0) is 61.4 Å². The second-order valence-electron chi connectivity index (χ2n) is 8.18. The molecule has 1 fully saturated rings. The van der Waals surface area contributed by atoms with Gasteiger partial charge in [0, 0.05) is 24.3 Å². The summed E-state index contributed by atoms with van der Waals surface area (Å²) >= 11 is 0. The number of esters is 1. The fourth-order valence-electron chi connectivity index (χ4n) is 3.83. The van der Waals surface area contributed by atoms with Crippen LogP contribution in [0.4, 0.5) is 10.1 Å². The van der Waals surface area contributed by atoms with E-state index in [1.54, 1.807) is 30.3 Å². The van der Waals surface area contributed by atoms with Gasteiger partial charge in [0.05, 0.1) is 10.5 Å². The van der Waals surface area contributed by atoms with Gasteiger partial charge in [-0.3, -0.25) is 4.79 Å². The molecule has 35 heavy (non-hydrogen) atoms. The van der Waals surface area contributed by atoms with Gasteiger partial charge >= 0.3 is 5.97 Å². The van der Waals surface area contributed by atoms with E-state index in [0.717, 1.165) is 19.3 Å². The van der Waals surface area contributed by atoms with Crippen molar-refractivity contribution in [2.75, 3.05) is 18.4 Å². The van der Waals surface area contributed by atoms with Gasteiger partial charge in [0.15, 0.2) is 0 Å². The molecule has 1 N–H and O–H groups in total. The molecule has 4 rings (SSSR count). The van der Waals surface area contributed by atoms with Crippen LogP contribution in [-0.4, -0.2) is 37.7 Å². The number of nitrogens with zero attached hydrogens (tertiary/aromatic N) is 1. The summed E-state index contributed by atoms with van der Waals surface area (Å²) < 4.78 is 45.9. The molecule has 182 valence electrons. The van der Waals surface area contributed by atoms with Gasteiger partial charge in [0.1, 0.15) is 5.82 Å². The Labute approximate surface area is 203 Å². The average Bonchev–Trinajstić information content (AvgIpc) is 2.89. The van der Waals surface area contributed by atoms with Gasteiger partial charge in [-0.15, -0.1) is 0 Å². The highest BCUT2D eigenvalue weighted by Gasteiger charge is 2.28. The second kappa shape index (κ2) is 10.8. The number of benzene rings is 3. The Kier molecular flexibility index (Phi) is 7.57. The maximum Gasteiger partial charge on any atom is 0.339 e. The third-order valence-corrected chi connectivity index (χ3v) is 7.63. The fourth-order valence-corrected chi connectivity index (χ4v) is 5.35. The normalized spacial score (nSPS) is 15.2. The molecule has 1 atom stereocenters. The lowest BCUT2D eigenvalue weighted by Gasteiger charge is -2.25. The van der Waals surface area contributed by atoms with Crippen LogP contribution >= 0.6 is 0 Å².